The molecule has 0 fully saturated rings. The first kappa shape index (κ1) is 13.2. The van der Waals surface area contributed by atoms with Crippen molar-refractivity contribution in [3.8, 4) is 6.07 Å². The van der Waals surface area contributed by atoms with Crippen LogP contribution in [0.3, 0.4) is 0 Å². The van der Waals surface area contributed by atoms with Crippen LogP contribution in [0, 0.1) is 11.3 Å². The summed E-state index contributed by atoms with van der Waals surface area (Å²) in [6.45, 7) is -0.169. The van der Waals surface area contributed by atoms with Crippen LogP contribution in [0.25, 0.3) is 0 Å². The molecule has 0 heterocycles. The van der Waals surface area contributed by atoms with Crippen molar-refractivity contribution < 1.29 is 18.3 Å². The molecule has 90 valence electrons. The maximum absolute atomic E-state index is 11.6. The molecule has 1 aromatic rings. The highest BCUT2D eigenvalue weighted by Crippen LogP contribution is 2.09. The van der Waals surface area contributed by atoms with Crippen molar-refractivity contribution in [1.29, 1.82) is 5.26 Å². The lowest BCUT2D eigenvalue weighted by Crippen LogP contribution is -2.26. The van der Waals surface area contributed by atoms with Gasteiger partial charge in [-0.05, 0) is 24.3 Å². The number of hydrogen-bond donors (Lipinski definition) is 2. The van der Waals surface area contributed by atoms with E-state index < -0.39 is 16.0 Å². The number of carboxylic acids is 1. The maximum Gasteiger partial charge on any atom is 0.304 e. The lowest BCUT2D eigenvalue weighted by Gasteiger charge is -2.05. The van der Waals surface area contributed by atoms with Crippen molar-refractivity contribution in [2.45, 2.75) is 11.3 Å². The summed E-state index contributed by atoms with van der Waals surface area (Å²) < 4.78 is 25.4. The van der Waals surface area contributed by atoms with E-state index in [0.29, 0.717) is 5.56 Å². The first-order valence-electron chi connectivity index (χ1n) is 4.67. The van der Waals surface area contributed by atoms with E-state index in [2.05, 4.69) is 4.72 Å². The van der Waals surface area contributed by atoms with Gasteiger partial charge < -0.3 is 5.11 Å². The molecule has 2 N–H and O–H groups in total. The van der Waals surface area contributed by atoms with E-state index in [0.717, 1.165) is 0 Å². The minimum Gasteiger partial charge on any atom is -0.481 e. The number of nitriles is 1. The summed E-state index contributed by atoms with van der Waals surface area (Å²) in [7, 11) is -3.70. The Kier molecular flexibility index (Phi) is 4.20. The quantitative estimate of drug-likeness (QED) is 0.786. The Morgan fingerprint density at radius 2 is 1.94 bits per heavy atom. The molecule has 6 nitrogen and oxygen atoms in total. The minimum absolute atomic E-state index is 0.00175. The Morgan fingerprint density at radius 1 is 1.35 bits per heavy atom. The zero-order valence-electron chi connectivity index (χ0n) is 8.75. The molecule has 0 spiro atoms. The lowest BCUT2D eigenvalue weighted by molar-refractivity contribution is -0.136. The highest BCUT2D eigenvalue weighted by atomic mass is 32.2. The SMILES string of the molecule is N#Cc1ccc(S(=O)(=O)NCCC(=O)O)cc1. The molecule has 0 aliphatic carbocycles. The van der Waals surface area contributed by atoms with Gasteiger partial charge in [-0.1, -0.05) is 0 Å². The molecule has 0 bridgehead atoms. The Hall–Kier alpha value is -1.91. The van der Waals surface area contributed by atoms with E-state index in [1.54, 1.807) is 0 Å². The van der Waals surface area contributed by atoms with Crippen LogP contribution in [0.1, 0.15) is 12.0 Å². The molecule has 17 heavy (non-hydrogen) atoms. The van der Waals surface area contributed by atoms with Crippen LogP contribution in [-0.4, -0.2) is 26.0 Å². The van der Waals surface area contributed by atoms with E-state index in [-0.39, 0.29) is 17.9 Å². The number of carboxylic acid groups (broad SMARTS) is 1. The molecule has 0 aliphatic rings. The van der Waals surface area contributed by atoms with Gasteiger partial charge in [0.1, 0.15) is 0 Å². The molecular weight excluding hydrogens is 244 g/mol. The molecule has 0 aromatic heterocycles. The van der Waals surface area contributed by atoms with Crippen molar-refractivity contribution in [1.82, 2.24) is 4.72 Å². The van der Waals surface area contributed by atoms with Crippen LogP contribution in [-0.2, 0) is 14.8 Å². The van der Waals surface area contributed by atoms with Crippen molar-refractivity contribution in [3.63, 3.8) is 0 Å². The summed E-state index contributed by atoms with van der Waals surface area (Å²) >= 11 is 0. The third-order valence-corrected chi connectivity index (χ3v) is 3.40. The second-order valence-corrected chi connectivity index (χ2v) is 4.94. The van der Waals surface area contributed by atoms with Crippen molar-refractivity contribution in [3.05, 3.63) is 29.8 Å². The molecule has 0 amide bonds. The second-order valence-electron chi connectivity index (χ2n) is 3.18. The minimum atomic E-state index is -3.70. The molecular formula is C10H10N2O4S. The Labute approximate surface area is 98.6 Å². The summed E-state index contributed by atoms with van der Waals surface area (Å²) in [5, 5.41) is 16.9. The standard InChI is InChI=1S/C10H10N2O4S/c11-7-8-1-3-9(4-2-8)17(15,16)12-6-5-10(13)14/h1-4,12H,5-6H2,(H,13,14). The Balaban J connectivity index is 2.76. The fourth-order valence-electron chi connectivity index (χ4n) is 1.08. The van der Waals surface area contributed by atoms with E-state index in [9.17, 15) is 13.2 Å². The number of carbonyl (C=O) groups is 1. The van der Waals surface area contributed by atoms with Crippen molar-refractivity contribution in [2.24, 2.45) is 0 Å². The number of sulfonamides is 1. The van der Waals surface area contributed by atoms with Gasteiger partial charge in [-0.3, -0.25) is 4.79 Å². The van der Waals surface area contributed by atoms with Crippen LogP contribution in [0.5, 0.6) is 0 Å². The van der Waals surface area contributed by atoms with E-state index in [4.69, 9.17) is 10.4 Å². The largest absolute Gasteiger partial charge is 0.481 e. The highest BCUT2D eigenvalue weighted by Gasteiger charge is 2.13. The zero-order valence-corrected chi connectivity index (χ0v) is 9.57. The second kappa shape index (κ2) is 5.43. The maximum atomic E-state index is 11.6. The van der Waals surface area contributed by atoms with Crippen LogP contribution in [0.2, 0.25) is 0 Å². The van der Waals surface area contributed by atoms with Gasteiger partial charge in [-0.2, -0.15) is 5.26 Å². The van der Waals surface area contributed by atoms with Crippen LogP contribution >= 0.6 is 0 Å². The van der Waals surface area contributed by atoms with Gasteiger partial charge in [0, 0.05) is 6.54 Å². The predicted molar refractivity (Wildman–Crippen MR) is 58.6 cm³/mol. The highest BCUT2D eigenvalue weighted by molar-refractivity contribution is 7.89. The molecule has 0 saturated heterocycles. The monoisotopic (exact) mass is 254 g/mol. The molecule has 0 saturated carbocycles. The van der Waals surface area contributed by atoms with Crippen LogP contribution < -0.4 is 4.72 Å². The predicted octanol–water partition coefficient (Wildman–Crippen LogP) is 0.311. The Morgan fingerprint density at radius 3 is 2.41 bits per heavy atom. The van der Waals surface area contributed by atoms with Gasteiger partial charge in [-0.25, -0.2) is 13.1 Å². The average Bonchev–Trinajstić information content (AvgIpc) is 2.28. The fraction of sp³-hybridized carbons (Fsp3) is 0.200. The van der Waals surface area contributed by atoms with Crippen molar-refractivity contribution in [2.75, 3.05) is 6.54 Å². The number of nitrogens with one attached hydrogen (secondary N) is 1. The molecule has 1 aromatic carbocycles. The lowest BCUT2D eigenvalue weighted by atomic mass is 10.2. The van der Waals surface area contributed by atoms with E-state index in [1.165, 1.54) is 24.3 Å². The molecule has 0 atom stereocenters. The van der Waals surface area contributed by atoms with Crippen LogP contribution in [0.15, 0.2) is 29.2 Å². The zero-order chi connectivity index (χ0) is 12.9. The van der Waals surface area contributed by atoms with Crippen molar-refractivity contribution >= 4 is 16.0 Å². The smallest absolute Gasteiger partial charge is 0.304 e. The van der Waals surface area contributed by atoms with Crippen LogP contribution in [0.4, 0.5) is 0 Å². The first-order chi connectivity index (χ1) is 7.95. The van der Waals surface area contributed by atoms with Gasteiger partial charge in [-0.15, -0.1) is 0 Å². The number of nitrogens with zero attached hydrogens (tertiary/aromatic N) is 1. The third-order valence-electron chi connectivity index (χ3n) is 1.92. The summed E-state index contributed by atoms with van der Waals surface area (Å²) in [5.74, 6) is -1.08. The third kappa shape index (κ3) is 3.86. The van der Waals surface area contributed by atoms with E-state index in [1.807, 2.05) is 6.07 Å². The first-order valence-corrected chi connectivity index (χ1v) is 6.15. The van der Waals surface area contributed by atoms with Gasteiger partial charge in [0.2, 0.25) is 10.0 Å². The molecule has 0 aliphatic heterocycles. The topological polar surface area (TPSA) is 107 Å². The fourth-order valence-corrected chi connectivity index (χ4v) is 2.12. The summed E-state index contributed by atoms with van der Waals surface area (Å²) in [5.41, 5.74) is 0.356. The average molecular weight is 254 g/mol. The van der Waals surface area contributed by atoms with Gasteiger partial charge in [0.25, 0.3) is 0 Å². The number of aliphatic carboxylic acids is 1. The van der Waals surface area contributed by atoms with Gasteiger partial charge >= 0.3 is 5.97 Å². The number of hydrogen-bond acceptors (Lipinski definition) is 4. The molecule has 0 radical (unpaired) electrons. The number of rotatable bonds is 5. The summed E-state index contributed by atoms with van der Waals surface area (Å²) in [4.78, 5) is 10.2. The number of benzene rings is 1. The van der Waals surface area contributed by atoms with Gasteiger partial charge in [0.15, 0.2) is 0 Å². The molecule has 0 unspecified atom stereocenters. The summed E-state index contributed by atoms with van der Waals surface area (Å²) in [6, 6.07) is 7.22. The Bertz CT molecular complexity index is 543. The van der Waals surface area contributed by atoms with Gasteiger partial charge in [0.05, 0.1) is 22.9 Å². The molecule has 7 heteroatoms. The van der Waals surface area contributed by atoms with E-state index >= 15 is 0 Å². The summed E-state index contributed by atoms with van der Waals surface area (Å²) in [6.07, 6.45) is -0.282. The normalized spacial score (nSPS) is 10.8. The molecule has 1 rings (SSSR count).